The molecule has 2 heterocycles. The van der Waals surface area contributed by atoms with Crippen molar-refractivity contribution in [1.82, 2.24) is 14.8 Å². The molecule has 0 radical (unpaired) electrons. The van der Waals surface area contributed by atoms with Crippen molar-refractivity contribution in [3.05, 3.63) is 51.0 Å². The zero-order chi connectivity index (χ0) is 16.6. The van der Waals surface area contributed by atoms with Gasteiger partial charge >= 0.3 is 0 Å². The lowest BCUT2D eigenvalue weighted by Gasteiger charge is -2.08. The molecule has 0 aliphatic heterocycles. The summed E-state index contributed by atoms with van der Waals surface area (Å²) in [6, 6.07) is 3.91. The first-order valence-electron chi connectivity index (χ1n) is 6.92. The molecular weight excluding hydrogens is 319 g/mol. The molecule has 3 rings (SSSR count). The largest absolute Gasteiger partial charge is 0.350 e. The van der Waals surface area contributed by atoms with Gasteiger partial charge in [-0.25, -0.2) is 4.39 Å². The molecule has 1 amide bonds. The van der Waals surface area contributed by atoms with Crippen LogP contribution in [0.25, 0.3) is 10.9 Å². The lowest BCUT2D eigenvalue weighted by atomic mass is 10.1. The normalized spacial score (nSPS) is 10.9. The highest BCUT2D eigenvalue weighted by Crippen LogP contribution is 2.17. The number of pyridine rings is 1. The van der Waals surface area contributed by atoms with E-state index in [1.54, 1.807) is 11.6 Å². The lowest BCUT2D eigenvalue weighted by molar-refractivity contribution is 0.102. The minimum Gasteiger partial charge on any atom is -0.350 e. The Balaban J connectivity index is 2.03. The van der Waals surface area contributed by atoms with Crippen molar-refractivity contribution in [3.8, 4) is 0 Å². The van der Waals surface area contributed by atoms with Crippen LogP contribution in [0.1, 0.15) is 22.3 Å². The molecule has 0 bridgehead atoms. The van der Waals surface area contributed by atoms with E-state index in [4.69, 9.17) is 0 Å². The fourth-order valence-corrected chi connectivity index (χ4v) is 2.91. The number of nitrogens with zero attached hydrogens (tertiary/aromatic N) is 3. The Morgan fingerprint density at radius 2 is 2.17 bits per heavy atom. The first-order valence-corrected chi connectivity index (χ1v) is 7.74. The van der Waals surface area contributed by atoms with Gasteiger partial charge in [-0.15, -0.1) is 10.2 Å². The fraction of sp³-hybridized carbons (Fsp3) is 0.200. The van der Waals surface area contributed by atoms with Gasteiger partial charge in [0, 0.05) is 18.6 Å². The topological polar surface area (TPSA) is 76.9 Å². The Labute approximate surface area is 134 Å². The summed E-state index contributed by atoms with van der Waals surface area (Å²) in [5.41, 5.74) is -0.0358. The molecule has 6 nitrogen and oxygen atoms in total. The molecule has 0 spiro atoms. The van der Waals surface area contributed by atoms with E-state index < -0.39 is 17.2 Å². The van der Waals surface area contributed by atoms with Gasteiger partial charge in [0.15, 0.2) is 0 Å². The third-order valence-corrected chi connectivity index (χ3v) is 4.37. The molecule has 8 heteroatoms. The van der Waals surface area contributed by atoms with Crippen molar-refractivity contribution < 1.29 is 9.18 Å². The molecule has 0 aliphatic carbocycles. The van der Waals surface area contributed by atoms with Crippen LogP contribution in [0.4, 0.5) is 9.52 Å². The van der Waals surface area contributed by atoms with Crippen LogP contribution in [0.2, 0.25) is 0 Å². The number of aryl methyl sites for hydroxylation is 2. The Morgan fingerprint density at radius 1 is 1.39 bits per heavy atom. The summed E-state index contributed by atoms with van der Waals surface area (Å²) >= 11 is 1.25. The van der Waals surface area contributed by atoms with Crippen LogP contribution in [-0.2, 0) is 13.5 Å². The number of nitrogens with one attached hydrogen (secondary N) is 1. The summed E-state index contributed by atoms with van der Waals surface area (Å²) in [5.74, 6) is -1.11. The number of benzene rings is 1. The molecule has 0 saturated carbocycles. The summed E-state index contributed by atoms with van der Waals surface area (Å²) in [5, 5.41) is 11.6. The average molecular weight is 332 g/mol. The van der Waals surface area contributed by atoms with Crippen LogP contribution < -0.4 is 10.7 Å². The monoisotopic (exact) mass is 332 g/mol. The van der Waals surface area contributed by atoms with Crippen LogP contribution in [0, 0.1) is 5.82 Å². The Morgan fingerprint density at radius 3 is 2.87 bits per heavy atom. The molecule has 1 aromatic carbocycles. The highest BCUT2D eigenvalue weighted by molar-refractivity contribution is 7.15. The molecule has 0 unspecified atom stereocenters. The summed E-state index contributed by atoms with van der Waals surface area (Å²) in [6.07, 6.45) is 2.14. The average Bonchev–Trinajstić information content (AvgIpc) is 2.98. The highest BCUT2D eigenvalue weighted by Gasteiger charge is 2.16. The number of anilines is 1. The Bertz CT molecular complexity index is 964. The van der Waals surface area contributed by atoms with Crippen molar-refractivity contribution in [2.24, 2.45) is 7.05 Å². The van der Waals surface area contributed by atoms with Gasteiger partial charge < -0.3 is 4.57 Å². The number of halogens is 1. The minimum absolute atomic E-state index is 0.0705. The van der Waals surface area contributed by atoms with Crippen molar-refractivity contribution in [1.29, 1.82) is 0 Å². The third-order valence-electron chi connectivity index (χ3n) is 3.38. The molecule has 3 aromatic rings. The Hall–Kier alpha value is -2.61. The van der Waals surface area contributed by atoms with E-state index in [1.807, 2.05) is 6.92 Å². The van der Waals surface area contributed by atoms with E-state index in [1.165, 1.54) is 29.7 Å². The van der Waals surface area contributed by atoms with Gasteiger partial charge in [0.05, 0.1) is 5.52 Å². The van der Waals surface area contributed by atoms with Gasteiger partial charge in [-0.05, 0) is 24.6 Å². The highest BCUT2D eigenvalue weighted by atomic mass is 32.1. The second-order valence-corrected chi connectivity index (χ2v) is 6.01. The van der Waals surface area contributed by atoms with Gasteiger partial charge in [-0.3, -0.25) is 14.9 Å². The number of aromatic nitrogens is 3. The summed E-state index contributed by atoms with van der Waals surface area (Å²) in [7, 11) is 1.69. The quantitative estimate of drug-likeness (QED) is 0.799. The van der Waals surface area contributed by atoms with Gasteiger partial charge in [0.2, 0.25) is 10.6 Å². The van der Waals surface area contributed by atoms with Gasteiger partial charge in [0.25, 0.3) is 5.91 Å². The predicted octanol–water partition coefficient (Wildman–Crippen LogP) is 2.34. The van der Waals surface area contributed by atoms with E-state index in [0.29, 0.717) is 17.1 Å². The maximum Gasteiger partial charge on any atom is 0.262 e. The van der Waals surface area contributed by atoms with Gasteiger partial charge in [-0.1, -0.05) is 18.3 Å². The third kappa shape index (κ3) is 2.85. The number of fused-ring (bicyclic) bond motifs is 1. The molecule has 23 heavy (non-hydrogen) atoms. The second kappa shape index (κ2) is 5.88. The number of hydrogen-bond donors (Lipinski definition) is 1. The molecule has 118 valence electrons. The van der Waals surface area contributed by atoms with Crippen LogP contribution in [-0.4, -0.2) is 20.7 Å². The molecule has 0 fully saturated rings. The van der Waals surface area contributed by atoms with Crippen molar-refractivity contribution in [2.45, 2.75) is 13.3 Å². The molecular formula is C15H13FN4O2S. The van der Waals surface area contributed by atoms with Gasteiger partial charge in [-0.2, -0.15) is 0 Å². The van der Waals surface area contributed by atoms with Crippen LogP contribution in [0.15, 0.2) is 29.2 Å². The minimum atomic E-state index is -0.587. The zero-order valence-electron chi connectivity index (χ0n) is 12.5. The van der Waals surface area contributed by atoms with Crippen LogP contribution >= 0.6 is 11.3 Å². The number of carbonyl (C=O) groups excluding carboxylic acids is 1. The molecule has 0 aliphatic rings. The maximum atomic E-state index is 13.4. The van der Waals surface area contributed by atoms with Crippen molar-refractivity contribution >= 4 is 33.3 Å². The van der Waals surface area contributed by atoms with E-state index in [0.717, 1.165) is 11.1 Å². The smallest absolute Gasteiger partial charge is 0.262 e. The van der Waals surface area contributed by atoms with E-state index in [9.17, 15) is 14.0 Å². The number of hydrogen-bond acceptors (Lipinski definition) is 5. The maximum absolute atomic E-state index is 13.4. The molecule has 0 saturated heterocycles. The summed E-state index contributed by atoms with van der Waals surface area (Å²) in [6.45, 7) is 1.93. The molecule has 0 atom stereocenters. The number of amides is 1. The van der Waals surface area contributed by atoms with Crippen molar-refractivity contribution in [3.63, 3.8) is 0 Å². The SMILES string of the molecule is CCc1nnc(NC(=O)c2cn(C)c3ccc(F)cc3c2=O)s1. The van der Waals surface area contributed by atoms with E-state index >= 15 is 0 Å². The van der Waals surface area contributed by atoms with Crippen molar-refractivity contribution in [2.75, 3.05) is 5.32 Å². The standard InChI is InChI=1S/C15H13FN4O2S/c1-3-12-18-19-15(23-12)17-14(22)10-7-20(2)11-5-4-8(16)6-9(11)13(10)21/h4-7H,3H2,1-2H3,(H,17,19,22). The second-order valence-electron chi connectivity index (χ2n) is 4.95. The summed E-state index contributed by atoms with van der Waals surface area (Å²) in [4.78, 5) is 24.8. The number of carbonyl (C=O) groups is 1. The van der Waals surface area contributed by atoms with Crippen LogP contribution in [0.5, 0.6) is 0 Å². The van der Waals surface area contributed by atoms with E-state index in [2.05, 4.69) is 15.5 Å². The molecule has 1 N–H and O–H groups in total. The predicted molar refractivity (Wildman–Crippen MR) is 86.4 cm³/mol. The van der Waals surface area contributed by atoms with Gasteiger partial charge in [0.1, 0.15) is 16.4 Å². The van der Waals surface area contributed by atoms with E-state index in [-0.39, 0.29) is 10.9 Å². The first kappa shape index (κ1) is 15.3. The number of rotatable bonds is 3. The Kier molecular flexibility index (Phi) is 3.91. The zero-order valence-corrected chi connectivity index (χ0v) is 13.3. The first-order chi connectivity index (χ1) is 11.0. The fourth-order valence-electron chi connectivity index (χ4n) is 2.24. The lowest BCUT2D eigenvalue weighted by Crippen LogP contribution is -2.23. The summed E-state index contributed by atoms with van der Waals surface area (Å²) < 4.78 is 15.0. The van der Waals surface area contributed by atoms with Crippen LogP contribution in [0.3, 0.4) is 0 Å². The molecule has 2 aromatic heterocycles.